The highest BCUT2D eigenvalue weighted by Gasteiger charge is 2.26. The predicted molar refractivity (Wildman–Crippen MR) is 122 cm³/mol. The molecule has 2 aromatic heterocycles. The predicted octanol–water partition coefficient (Wildman–Crippen LogP) is 3.92. The maximum absolute atomic E-state index is 13.3. The van der Waals surface area contributed by atoms with Crippen LogP contribution in [0.1, 0.15) is 39.9 Å². The zero-order valence-electron chi connectivity index (χ0n) is 17.3. The Morgan fingerprint density at radius 1 is 1.35 bits per heavy atom. The van der Waals surface area contributed by atoms with E-state index in [0.717, 1.165) is 5.01 Å². The van der Waals surface area contributed by atoms with E-state index in [2.05, 4.69) is 51.8 Å². The van der Waals surface area contributed by atoms with Crippen molar-refractivity contribution < 1.29 is 28.7 Å². The van der Waals surface area contributed by atoms with E-state index < -0.39 is 17.8 Å². The summed E-state index contributed by atoms with van der Waals surface area (Å²) in [5.41, 5.74) is 3.25. The molecule has 1 saturated heterocycles. The molecule has 1 aliphatic rings. The van der Waals surface area contributed by atoms with Crippen LogP contribution < -0.4 is 10.8 Å². The van der Waals surface area contributed by atoms with Crippen LogP contribution in [0, 0.1) is 5.82 Å². The monoisotopic (exact) mass is 553 g/mol. The molecule has 0 radical (unpaired) electrons. The smallest absolute Gasteiger partial charge is 0.407 e. The number of amides is 2. The molecule has 3 heterocycles. The van der Waals surface area contributed by atoms with Gasteiger partial charge in [0.25, 0.3) is 5.91 Å². The summed E-state index contributed by atoms with van der Waals surface area (Å²) < 4.78 is 18.2. The highest BCUT2D eigenvalue weighted by atomic mass is 79.9. The fraction of sp³-hybridized carbons (Fsp3) is 0.263. The molecule has 178 valence electrons. The molecule has 0 aliphatic carbocycles. The lowest BCUT2D eigenvalue weighted by Gasteiger charge is -2.28. The van der Waals surface area contributed by atoms with Gasteiger partial charge in [-0.1, -0.05) is 5.16 Å². The SMILES string of the molecule is O=C(Nc1nonc1/C=N/ONc1ccc(F)c(Br)c1)c1csc(C2CCN(C(=O)O)CC2)n1. The van der Waals surface area contributed by atoms with E-state index in [1.54, 1.807) is 5.38 Å². The molecule has 3 aromatic rings. The second-order valence-corrected chi connectivity index (χ2v) is 8.87. The van der Waals surface area contributed by atoms with Crippen molar-refractivity contribution in [3.63, 3.8) is 0 Å². The summed E-state index contributed by atoms with van der Waals surface area (Å²) in [6.45, 7) is 0.869. The van der Waals surface area contributed by atoms with Gasteiger partial charge in [-0.15, -0.1) is 11.3 Å². The summed E-state index contributed by atoms with van der Waals surface area (Å²) in [6.07, 6.45) is 1.54. The number of nitrogens with zero attached hydrogens (tertiary/aromatic N) is 5. The molecule has 4 rings (SSSR count). The number of carbonyl (C=O) groups excluding carboxylic acids is 1. The summed E-state index contributed by atoms with van der Waals surface area (Å²) in [7, 11) is 0. The normalized spacial score (nSPS) is 14.4. The van der Waals surface area contributed by atoms with E-state index in [1.807, 2.05) is 0 Å². The van der Waals surface area contributed by atoms with Crippen LogP contribution in [0.25, 0.3) is 0 Å². The number of likely N-dealkylation sites (tertiary alicyclic amines) is 1. The van der Waals surface area contributed by atoms with Gasteiger partial charge in [-0.25, -0.2) is 18.8 Å². The summed E-state index contributed by atoms with van der Waals surface area (Å²) in [6, 6.07) is 4.17. The van der Waals surface area contributed by atoms with E-state index in [9.17, 15) is 14.0 Å². The standard InChI is InChI=1S/C19H17BrFN7O5S/c20-12-7-11(1-2-13(12)21)25-32-22-8-14-16(27-33-26-14)24-17(29)15-9-34-18(23-15)10-3-5-28(6-4-10)19(30)31/h1-2,7-10,25H,3-6H2,(H,30,31)(H,24,27,29)/b22-8+. The first-order valence-corrected chi connectivity index (χ1v) is 11.6. The summed E-state index contributed by atoms with van der Waals surface area (Å²) in [4.78, 5) is 34.3. The first-order chi connectivity index (χ1) is 16.4. The van der Waals surface area contributed by atoms with E-state index in [4.69, 9.17) is 10.0 Å². The van der Waals surface area contributed by atoms with Crippen LogP contribution >= 0.6 is 27.3 Å². The fourth-order valence-electron chi connectivity index (χ4n) is 3.15. The van der Waals surface area contributed by atoms with Crippen molar-refractivity contribution in [2.24, 2.45) is 5.16 Å². The highest BCUT2D eigenvalue weighted by molar-refractivity contribution is 9.10. The number of aromatic nitrogens is 3. The van der Waals surface area contributed by atoms with Crippen LogP contribution in [0.15, 0.2) is 37.8 Å². The number of anilines is 2. The molecule has 12 nitrogen and oxygen atoms in total. The molecule has 0 spiro atoms. The Morgan fingerprint density at radius 3 is 2.88 bits per heavy atom. The minimum absolute atomic E-state index is 0.0196. The van der Waals surface area contributed by atoms with Crippen molar-refractivity contribution in [1.82, 2.24) is 20.2 Å². The lowest BCUT2D eigenvalue weighted by atomic mass is 9.98. The first kappa shape index (κ1) is 23.6. The van der Waals surface area contributed by atoms with Gasteiger partial charge in [0.05, 0.1) is 15.2 Å². The van der Waals surface area contributed by atoms with Gasteiger partial charge in [-0.3, -0.25) is 9.73 Å². The van der Waals surface area contributed by atoms with E-state index in [-0.39, 0.29) is 27.6 Å². The van der Waals surface area contributed by atoms with Gasteiger partial charge in [0.1, 0.15) is 17.7 Å². The van der Waals surface area contributed by atoms with Gasteiger partial charge in [-0.05, 0) is 57.3 Å². The lowest BCUT2D eigenvalue weighted by Crippen LogP contribution is -2.36. The molecule has 1 aliphatic heterocycles. The van der Waals surface area contributed by atoms with Crippen LogP contribution in [0.2, 0.25) is 0 Å². The Hall–Kier alpha value is -3.59. The third-order valence-electron chi connectivity index (χ3n) is 4.93. The lowest BCUT2D eigenvalue weighted by molar-refractivity contribution is 0.102. The van der Waals surface area contributed by atoms with Crippen molar-refractivity contribution in [3.8, 4) is 0 Å². The highest BCUT2D eigenvalue weighted by Crippen LogP contribution is 2.30. The molecule has 3 N–H and O–H groups in total. The van der Waals surface area contributed by atoms with Gasteiger partial charge in [0.2, 0.25) is 5.82 Å². The van der Waals surface area contributed by atoms with Crippen molar-refractivity contribution in [1.29, 1.82) is 0 Å². The van der Waals surface area contributed by atoms with Crippen molar-refractivity contribution in [2.75, 3.05) is 23.9 Å². The number of benzene rings is 1. The third-order valence-corrected chi connectivity index (χ3v) is 6.54. The van der Waals surface area contributed by atoms with Gasteiger partial charge in [0, 0.05) is 24.4 Å². The van der Waals surface area contributed by atoms with E-state index in [0.29, 0.717) is 31.6 Å². The van der Waals surface area contributed by atoms with Crippen LogP contribution in [-0.2, 0) is 4.94 Å². The fourth-order valence-corrected chi connectivity index (χ4v) is 4.50. The van der Waals surface area contributed by atoms with Crippen molar-refractivity contribution in [3.05, 3.63) is 50.3 Å². The Balaban J connectivity index is 1.31. The second kappa shape index (κ2) is 10.6. The minimum Gasteiger partial charge on any atom is -0.465 e. The van der Waals surface area contributed by atoms with Crippen molar-refractivity contribution in [2.45, 2.75) is 18.8 Å². The van der Waals surface area contributed by atoms with Gasteiger partial charge in [0.15, 0.2) is 5.69 Å². The maximum Gasteiger partial charge on any atom is 0.407 e. The van der Waals surface area contributed by atoms with E-state index >= 15 is 0 Å². The summed E-state index contributed by atoms with van der Waals surface area (Å²) >= 11 is 4.41. The molecular weight excluding hydrogens is 537 g/mol. The van der Waals surface area contributed by atoms with Crippen LogP contribution in [-0.4, -0.2) is 56.6 Å². The molecule has 1 aromatic carbocycles. The number of piperidine rings is 1. The van der Waals surface area contributed by atoms with Crippen LogP contribution in [0.5, 0.6) is 0 Å². The number of halogens is 2. The molecule has 1 fully saturated rings. The number of hydrogen-bond donors (Lipinski definition) is 3. The summed E-state index contributed by atoms with van der Waals surface area (Å²) in [5, 5.41) is 25.0. The molecule has 2 amide bonds. The molecule has 0 saturated carbocycles. The molecule has 0 unspecified atom stereocenters. The maximum atomic E-state index is 13.3. The first-order valence-electron chi connectivity index (χ1n) is 9.88. The minimum atomic E-state index is -0.928. The molecule has 0 atom stereocenters. The number of thiazole rings is 1. The van der Waals surface area contributed by atoms with Gasteiger partial charge >= 0.3 is 6.09 Å². The zero-order chi connectivity index (χ0) is 24.1. The van der Waals surface area contributed by atoms with Crippen LogP contribution in [0.4, 0.5) is 20.7 Å². The molecule has 34 heavy (non-hydrogen) atoms. The largest absolute Gasteiger partial charge is 0.465 e. The number of hydrogen-bond acceptors (Lipinski definition) is 10. The molecular formula is C19H17BrFN7O5S. The number of oxime groups is 1. The Bertz CT molecular complexity index is 1210. The topological polar surface area (TPSA) is 155 Å². The van der Waals surface area contributed by atoms with Crippen molar-refractivity contribution >= 4 is 57.0 Å². The number of rotatable bonds is 7. The number of carboxylic acid groups (broad SMARTS) is 1. The average Bonchev–Trinajstić information content (AvgIpc) is 3.49. The Kier molecular flexibility index (Phi) is 7.32. The Labute approximate surface area is 203 Å². The molecule has 15 heteroatoms. The van der Waals surface area contributed by atoms with Gasteiger partial charge in [-0.2, -0.15) is 5.48 Å². The zero-order valence-corrected chi connectivity index (χ0v) is 19.7. The Morgan fingerprint density at radius 2 is 2.15 bits per heavy atom. The summed E-state index contributed by atoms with van der Waals surface area (Å²) in [5.74, 6) is -0.805. The quantitative estimate of drug-likeness (QED) is 0.291. The number of carbonyl (C=O) groups is 2. The molecule has 0 bridgehead atoms. The van der Waals surface area contributed by atoms with E-state index in [1.165, 1.54) is 40.7 Å². The van der Waals surface area contributed by atoms with Crippen LogP contribution in [0.3, 0.4) is 0 Å². The average molecular weight is 554 g/mol. The second-order valence-electron chi connectivity index (χ2n) is 7.12. The third kappa shape index (κ3) is 5.66. The number of nitrogens with one attached hydrogen (secondary N) is 2. The van der Waals surface area contributed by atoms with Gasteiger partial charge < -0.3 is 15.3 Å².